The van der Waals surface area contributed by atoms with Gasteiger partial charge in [0.25, 0.3) is 0 Å². The van der Waals surface area contributed by atoms with Gasteiger partial charge >= 0.3 is 0 Å². The van der Waals surface area contributed by atoms with E-state index in [1.54, 1.807) is 11.8 Å². The summed E-state index contributed by atoms with van der Waals surface area (Å²) in [4.78, 5) is 26.1. The van der Waals surface area contributed by atoms with Crippen LogP contribution in [0.25, 0.3) is 0 Å². The highest BCUT2D eigenvalue weighted by molar-refractivity contribution is 5.97. The van der Waals surface area contributed by atoms with Gasteiger partial charge in [-0.1, -0.05) is 37.3 Å². The van der Waals surface area contributed by atoms with E-state index in [1.807, 2.05) is 44.2 Å². The molecule has 2 atom stereocenters. The van der Waals surface area contributed by atoms with E-state index in [0.717, 1.165) is 6.42 Å². The molecule has 2 unspecified atom stereocenters. The van der Waals surface area contributed by atoms with Crippen molar-refractivity contribution in [2.45, 2.75) is 45.2 Å². The third-order valence-corrected chi connectivity index (χ3v) is 4.08. The van der Waals surface area contributed by atoms with Crippen LogP contribution in [0.4, 0.5) is 0 Å². The van der Waals surface area contributed by atoms with Crippen LogP contribution >= 0.6 is 0 Å². The standard InChI is InChI=1S/C16H22N2O2/c1-4-16(3)15(20)18(11-14(19)17-16)12(2)10-13-8-6-5-7-9-13/h5-9,12H,4,10-11H2,1-3H3,(H,17,19). The monoisotopic (exact) mass is 274 g/mol. The molecule has 2 amide bonds. The quantitative estimate of drug-likeness (QED) is 0.909. The summed E-state index contributed by atoms with van der Waals surface area (Å²) in [6.07, 6.45) is 1.37. The number of hydrogen-bond acceptors (Lipinski definition) is 2. The van der Waals surface area contributed by atoms with Crippen molar-refractivity contribution in [1.29, 1.82) is 0 Å². The molecular formula is C16H22N2O2. The van der Waals surface area contributed by atoms with Gasteiger partial charge in [0, 0.05) is 6.04 Å². The fourth-order valence-electron chi connectivity index (χ4n) is 2.61. The van der Waals surface area contributed by atoms with E-state index in [2.05, 4.69) is 5.32 Å². The van der Waals surface area contributed by atoms with Crippen molar-refractivity contribution in [3.8, 4) is 0 Å². The van der Waals surface area contributed by atoms with Crippen LogP contribution in [0.3, 0.4) is 0 Å². The molecule has 1 saturated heterocycles. The molecule has 1 N–H and O–H groups in total. The number of amides is 2. The average molecular weight is 274 g/mol. The highest BCUT2D eigenvalue weighted by atomic mass is 16.2. The second-order valence-electron chi connectivity index (χ2n) is 5.71. The van der Waals surface area contributed by atoms with Crippen molar-refractivity contribution in [2.75, 3.05) is 6.54 Å². The van der Waals surface area contributed by atoms with Crippen LogP contribution in [0.5, 0.6) is 0 Å². The zero-order chi connectivity index (χ0) is 14.8. The zero-order valence-electron chi connectivity index (χ0n) is 12.3. The first-order chi connectivity index (χ1) is 9.46. The van der Waals surface area contributed by atoms with Crippen LogP contribution in [-0.2, 0) is 16.0 Å². The van der Waals surface area contributed by atoms with Gasteiger partial charge in [-0.25, -0.2) is 0 Å². The van der Waals surface area contributed by atoms with Gasteiger partial charge in [-0.05, 0) is 32.3 Å². The number of hydrogen-bond donors (Lipinski definition) is 1. The first-order valence-corrected chi connectivity index (χ1v) is 7.12. The third-order valence-electron chi connectivity index (χ3n) is 4.08. The summed E-state index contributed by atoms with van der Waals surface area (Å²) in [5.74, 6) is -0.0584. The first-order valence-electron chi connectivity index (χ1n) is 7.12. The Morgan fingerprint density at radius 1 is 1.30 bits per heavy atom. The van der Waals surface area contributed by atoms with Crippen molar-refractivity contribution in [1.82, 2.24) is 10.2 Å². The molecule has 1 aromatic rings. The number of nitrogens with zero attached hydrogens (tertiary/aromatic N) is 1. The molecule has 0 saturated carbocycles. The van der Waals surface area contributed by atoms with E-state index in [4.69, 9.17) is 0 Å². The molecule has 1 fully saturated rings. The summed E-state index contributed by atoms with van der Waals surface area (Å²) in [6.45, 7) is 5.88. The lowest BCUT2D eigenvalue weighted by Gasteiger charge is -2.42. The number of piperazine rings is 1. The molecule has 0 aliphatic carbocycles. The molecule has 2 rings (SSSR count). The molecule has 1 aliphatic rings. The number of carbonyl (C=O) groups excluding carboxylic acids is 2. The summed E-state index contributed by atoms with van der Waals surface area (Å²) in [5.41, 5.74) is 0.414. The third kappa shape index (κ3) is 2.84. The molecular weight excluding hydrogens is 252 g/mol. The van der Waals surface area contributed by atoms with Crippen molar-refractivity contribution in [3.63, 3.8) is 0 Å². The molecule has 0 bridgehead atoms. The van der Waals surface area contributed by atoms with Crippen LogP contribution in [-0.4, -0.2) is 34.8 Å². The van der Waals surface area contributed by atoms with Crippen LogP contribution < -0.4 is 5.32 Å². The fourth-order valence-corrected chi connectivity index (χ4v) is 2.61. The van der Waals surface area contributed by atoms with E-state index >= 15 is 0 Å². The van der Waals surface area contributed by atoms with Crippen LogP contribution in [0, 0.1) is 0 Å². The summed E-state index contributed by atoms with van der Waals surface area (Å²) < 4.78 is 0. The van der Waals surface area contributed by atoms with Gasteiger partial charge in [-0.15, -0.1) is 0 Å². The van der Waals surface area contributed by atoms with Gasteiger partial charge in [0.05, 0.1) is 6.54 Å². The van der Waals surface area contributed by atoms with Gasteiger partial charge in [0.1, 0.15) is 5.54 Å². The van der Waals surface area contributed by atoms with Crippen molar-refractivity contribution >= 4 is 11.8 Å². The lowest BCUT2D eigenvalue weighted by atomic mass is 9.92. The number of rotatable bonds is 4. The van der Waals surface area contributed by atoms with Crippen molar-refractivity contribution in [2.24, 2.45) is 0 Å². The average Bonchev–Trinajstić information content (AvgIpc) is 2.44. The van der Waals surface area contributed by atoms with Crippen molar-refractivity contribution < 1.29 is 9.59 Å². The Bertz CT molecular complexity index is 500. The maximum absolute atomic E-state index is 12.6. The lowest BCUT2D eigenvalue weighted by molar-refractivity contribution is -0.151. The molecule has 20 heavy (non-hydrogen) atoms. The fraction of sp³-hybridized carbons (Fsp3) is 0.500. The van der Waals surface area contributed by atoms with Crippen LogP contribution in [0.1, 0.15) is 32.8 Å². The van der Waals surface area contributed by atoms with Crippen LogP contribution in [0.2, 0.25) is 0 Å². The Morgan fingerprint density at radius 2 is 1.95 bits per heavy atom. The van der Waals surface area contributed by atoms with E-state index in [0.29, 0.717) is 6.42 Å². The minimum absolute atomic E-state index is 0.0156. The highest BCUT2D eigenvalue weighted by Crippen LogP contribution is 2.21. The molecule has 108 valence electrons. The largest absolute Gasteiger partial charge is 0.340 e. The Hall–Kier alpha value is -1.84. The van der Waals surface area contributed by atoms with Gasteiger partial charge < -0.3 is 10.2 Å². The van der Waals surface area contributed by atoms with Gasteiger partial charge in [-0.3, -0.25) is 9.59 Å². The summed E-state index contributed by atoms with van der Waals surface area (Å²) in [6, 6.07) is 10.1. The summed E-state index contributed by atoms with van der Waals surface area (Å²) in [7, 11) is 0. The van der Waals surface area contributed by atoms with Gasteiger partial charge in [0.15, 0.2) is 0 Å². The molecule has 0 spiro atoms. The maximum Gasteiger partial charge on any atom is 0.248 e. The molecule has 0 radical (unpaired) electrons. The molecule has 4 heteroatoms. The van der Waals surface area contributed by atoms with E-state index < -0.39 is 5.54 Å². The number of nitrogens with one attached hydrogen (secondary N) is 1. The Labute approximate surface area is 120 Å². The second kappa shape index (κ2) is 5.65. The minimum Gasteiger partial charge on any atom is -0.340 e. The molecule has 1 aliphatic heterocycles. The molecule has 0 aromatic heterocycles. The second-order valence-corrected chi connectivity index (χ2v) is 5.71. The van der Waals surface area contributed by atoms with Crippen LogP contribution in [0.15, 0.2) is 30.3 Å². The first kappa shape index (κ1) is 14.6. The Morgan fingerprint density at radius 3 is 2.55 bits per heavy atom. The van der Waals surface area contributed by atoms with Gasteiger partial charge in [-0.2, -0.15) is 0 Å². The van der Waals surface area contributed by atoms with Gasteiger partial charge in [0.2, 0.25) is 11.8 Å². The topological polar surface area (TPSA) is 49.4 Å². The Kier molecular flexibility index (Phi) is 4.12. The molecule has 4 nitrogen and oxygen atoms in total. The SMILES string of the molecule is CCC1(C)NC(=O)CN(C(C)Cc2ccccc2)C1=O. The number of benzene rings is 1. The predicted molar refractivity (Wildman–Crippen MR) is 78.2 cm³/mol. The predicted octanol–water partition coefficient (Wildman–Crippen LogP) is 1.74. The summed E-state index contributed by atoms with van der Waals surface area (Å²) in [5, 5.41) is 2.81. The van der Waals surface area contributed by atoms with E-state index in [9.17, 15) is 9.59 Å². The highest BCUT2D eigenvalue weighted by Gasteiger charge is 2.42. The normalized spacial score (nSPS) is 24.4. The smallest absolute Gasteiger partial charge is 0.248 e. The number of carbonyl (C=O) groups is 2. The van der Waals surface area contributed by atoms with E-state index in [1.165, 1.54) is 5.56 Å². The summed E-state index contributed by atoms with van der Waals surface area (Å²) >= 11 is 0. The molecule has 1 aromatic carbocycles. The van der Waals surface area contributed by atoms with Crippen molar-refractivity contribution in [3.05, 3.63) is 35.9 Å². The van der Waals surface area contributed by atoms with E-state index in [-0.39, 0.29) is 24.4 Å². The minimum atomic E-state index is -0.764. The maximum atomic E-state index is 12.6. The lowest BCUT2D eigenvalue weighted by Crippen LogP contribution is -2.66. The molecule has 1 heterocycles. The zero-order valence-corrected chi connectivity index (χ0v) is 12.3. The Balaban J connectivity index is 2.14.